The molecule has 0 aliphatic heterocycles. The number of fused-ring (bicyclic) bond motifs is 3. The lowest BCUT2D eigenvalue weighted by Crippen LogP contribution is -2.10. The average molecular weight is 499 g/mol. The van der Waals surface area contributed by atoms with Gasteiger partial charge in [0.15, 0.2) is 12.6 Å². The number of benzene rings is 5. The molecule has 0 fully saturated rings. The number of hydrogen-bond donors (Lipinski definition) is 0. The van der Waals surface area contributed by atoms with Gasteiger partial charge in [0.25, 0.3) is 0 Å². The fourth-order valence-corrected chi connectivity index (χ4v) is 4.64. The van der Waals surface area contributed by atoms with Crippen LogP contribution in [-0.2, 0) is 13.2 Å². The molecule has 0 amide bonds. The molecule has 6 aromatic rings. The smallest absolute Gasteiger partial charge is 0.154 e. The molecule has 5 aromatic carbocycles. The molecule has 0 N–H and O–H groups in total. The van der Waals surface area contributed by atoms with Crippen LogP contribution >= 0.6 is 0 Å². The summed E-state index contributed by atoms with van der Waals surface area (Å²) in [4.78, 5) is 33.5. The zero-order chi connectivity index (χ0) is 25.9. The highest BCUT2D eigenvalue weighted by atomic mass is 16.5. The van der Waals surface area contributed by atoms with E-state index in [2.05, 4.69) is 0 Å². The molecule has 0 radical (unpaired) electrons. The van der Waals surface area contributed by atoms with Gasteiger partial charge in [0.2, 0.25) is 0 Å². The van der Waals surface area contributed by atoms with Crippen molar-refractivity contribution in [1.82, 2.24) is 9.97 Å². The van der Waals surface area contributed by atoms with Crippen LogP contribution in [0, 0.1) is 0 Å². The number of ether oxygens (including phenoxy) is 2. The maximum Gasteiger partial charge on any atom is 0.154 e. The molecule has 1 aromatic heterocycles. The Morgan fingerprint density at radius 2 is 0.947 bits per heavy atom. The minimum absolute atomic E-state index is 0.0912. The van der Waals surface area contributed by atoms with Crippen molar-refractivity contribution >= 4 is 45.2 Å². The number of aldehydes is 2. The molecule has 0 aliphatic rings. The zero-order valence-corrected chi connectivity index (χ0v) is 20.3. The van der Waals surface area contributed by atoms with Crippen LogP contribution in [0.3, 0.4) is 0 Å². The zero-order valence-electron chi connectivity index (χ0n) is 20.3. The summed E-state index contributed by atoms with van der Waals surface area (Å²) >= 11 is 0. The summed E-state index contributed by atoms with van der Waals surface area (Å²) in [6.07, 6.45) is 1.63. The lowest BCUT2D eigenvalue weighted by molar-refractivity contribution is 0.111. The summed E-state index contributed by atoms with van der Waals surface area (Å²) in [5, 5.41) is 3.57. The number of para-hydroxylation sites is 2. The van der Waals surface area contributed by atoms with E-state index in [1.54, 1.807) is 12.1 Å². The molecule has 6 nitrogen and oxygen atoms in total. The van der Waals surface area contributed by atoms with E-state index in [1.165, 1.54) is 0 Å². The molecule has 0 aliphatic carbocycles. The topological polar surface area (TPSA) is 78.4 Å². The third-order valence-electron chi connectivity index (χ3n) is 6.55. The first kappa shape index (κ1) is 23.3. The van der Waals surface area contributed by atoms with Crippen LogP contribution in [0.15, 0.2) is 97.1 Å². The number of carbonyl (C=O) groups excluding carboxylic acids is 2. The number of aromatic nitrogens is 2. The number of carbonyl (C=O) groups is 2. The highest BCUT2D eigenvalue weighted by Gasteiger charge is 2.15. The van der Waals surface area contributed by atoms with E-state index in [1.807, 2.05) is 84.9 Å². The van der Waals surface area contributed by atoms with Crippen molar-refractivity contribution in [1.29, 1.82) is 0 Å². The predicted molar refractivity (Wildman–Crippen MR) is 147 cm³/mol. The largest absolute Gasteiger partial charge is 0.486 e. The molecular weight excluding hydrogens is 476 g/mol. The average Bonchev–Trinajstić information content (AvgIpc) is 2.98. The Morgan fingerprint density at radius 3 is 1.39 bits per heavy atom. The summed E-state index contributed by atoms with van der Waals surface area (Å²) in [5.74, 6) is 0.941. The van der Waals surface area contributed by atoms with Gasteiger partial charge in [0.1, 0.15) is 36.1 Å². The van der Waals surface area contributed by atoms with Gasteiger partial charge >= 0.3 is 0 Å². The van der Waals surface area contributed by atoms with E-state index in [0.717, 1.165) is 45.2 Å². The van der Waals surface area contributed by atoms with E-state index in [9.17, 15) is 9.59 Å². The summed E-state index contributed by atoms with van der Waals surface area (Å²) in [6, 6.07) is 30.4. The molecule has 0 spiro atoms. The number of nitrogens with zero attached hydrogens (tertiary/aromatic N) is 2. The second kappa shape index (κ2) is 10.1. The van der Waals surface area contributed by atoms with Crippen LogP contribution in [0.25, 0.3) is 32.6 Å². The Balaban J connectivity index is 1.33. The minimum atomic E-state index is 0.0912. The van der Waals surface area contributed by atoms with Gasteiger partial charge in [0, 0.05) is 0 Å². The van der Waals surface area contributed by atoms with Crippen molar-refractivity contribution in [3.63, 3.8) is 0 Å². The summed E-state index contributed by atoms with van der Waals surface area (Å²) in [5.41, 5.74) is 3.60. The van der Waals surface area contributed by atoms with Crippen LogP contribution in [0.1, 0.15) is 32.1 Å². The van der Waals surface area contributed by atoms with E-state index in [0.29, 0.717) is 34.0 Å². The molecule has 38 heavy (non-hydrogen) atoms. The molecule has 6 heteroatoms. The van der Waals surface area contributed by atoms with Crippen molar-refractivity contribution in [2.45, 2.75) is 13.2 Å². The van der Waals surface area contributed by atoms with Crippen molar-refractivity contribution in [2.24, 2.45) is 0 Å². The fraction of sp³-hybridized carbons (Fsp3) is 0.0625. The lowest BCUT2D eigenvalue weighted by Gasteiger charge is -2.15. The first-order valence-electron chi connectivity index (χ1n) is 12.2. The second-order valence-electron chi connectivity index (χ2n) is 8.82. The normalized spacial score (nSPS) is 11.1. The standard InChI is InChI=1S/C32H22N2O4/c35-17-25-23-9-3-1-7-21(23)13-15-31(25)37-19-29-30(34-28-12-6-5-11-27(28)33-29)20-38-32-16-14-22-8-2-4-10-24(22)26(32)18-36/h1-18H,19-20H2. The molecule has 0 saturated heterocycles. The Hall–Kier alpha value is -5.10. The molecule has 0 bridgehead atoms. The fourth-order valence-electron chi connectivity index (χ4n) is 4.64. The number of rotatable bonds is 8. The summed E-state index contributed by atoms with van der Waals surface area (Å²) in [6.45, 7) is 0.182. The van der Waals surface area contributed by atoms with Gasteiger partial charge in [-0.3, -0.25) is 9.59 Å². The molecule has 0 atom stereocenters. The van der Waals surface area contributed by atoms with E-state index in [4.69, 9.17) is 19.4 Å². The quantitative estimate of drug-likeness (QED) is 0.217. The third-order valence-corrected chi connectivity index (χ3v) is 6.55. The SMILES string of the molecule is O=Cc1c(OCc2nc3ccccc3nc2COc2ccc3ccccc3c2C=O)ccc2ccccc12. The third kappa shape index (κ3) is 4.33. The van der Waals surface area contributed by atoms with Gasteiger partial charge in [-0.15, -0.1) is 0 Å². The monoisotopic (exact) mass is 498 g/mol. The highest BCUT2D eigenvalue weighted by Crippen LogP contribution is 2.29. The summed E-state index contributed by atoms with van der Waals surface area (Å²) in [7, 11) is 0. The van der Waals surface area contributed by atoms with Gasteiger partial charge in [-0.25, -0.2) is 9.97 Å². The van der Waals surface area contributed by atoms with E-state index in [-0.39, 0.29) is 13.2 Å². The predicted octanol–water partition coefficient (Wildman–Crippen LogP) is 6.72. The van der Waals surface area contributed by atoms with Crippen molar-refractivity contribution in [3.05, 3.63) is 120 Å². The first-order chi connectivity index (χ1) is 18.7. The van der Waals surface area contributed by atoms with E-state index < -0.39 is 0 Å². The van der Waals surface area contributed by atoms with Crippen LogP contribution < -0.4 is 9.47 Å². The van der Waals surface area contributed by atoms with Crippen molar-refractivity contribution < 1.29 is 19.1 Å². The minimum Gasteiger partial charge on any atom is -0.486 e. The van der Waals surface area contributed by atoms with Crippen molar-refractivity contribution in [2.75, 3.05) is 0 Å². The van der Waals surface area contributed by atoms with Gasteiger partial charge in [-0.2, -0.15) is 0 Å². The van der Waals surface area contributed by atoms with E-state index >= 15 is 0 Å². The van der Waals surface area contributed by atoms with Crippen LogP contribution in [-0.4, -0.2) is 22.5 Å². The molecule has 1 heterocycles. The Kier molecular flexibility index (Phi) is 6.20. The van der Waals surface area contributed by atoms with Crippen LogP contribution in [0.2, 0.25) is 0 Å². The van der Waals surface area contributed by atoms with Crippen molar-refractivity contribution in [3.8, 4) is 11.5 Å². The molecule has 0 saturated carbocycles. The summed E-state index contributed by atoms with van der Waals surface area (Å²) < 4.78 is 12.2. The lowest BCUT2D eigenvalue weighted by atomic mass is 10.0. The Bertz CT molecular complexity index is 1700. The van der Waals surface area contributed by atoms with Gasteiger partial charge in [-0.1, -0.05) is 72.8 Å². The molecule has 6 rings (SSSR count). The van der Waals surface area contributed by atoms with Gasteiger partial charge in [-0.05, 0) is 45.8 Å². The second-order valence-corrected chi connectivity index (χ2v) is 8.82. The first-order valence-corrected chi connectivity index (χ1v) is 12.2. The molecule has 184 valence electrons. The van der Waals surface area contributed by atoms with Crippen LogP contribution in [0.4, 0.5) is 0 Å². The maximum atomic E-state index is 12.0. The maximum absolute atomic E-state index is 12.0. The van der Waals surface area contributed by atoms with Crippen LogP contribution in [0.5, 0.6) is 11.5 Å². The number of hydrogen-bond acceptors (Lipinski definition) is 6. The van der Waals surface area contributed by atoms with Gasteiger partial charge < -0.3 is 9.47 Å². The Morgan fingerprint density at radius 1 is 0.526 bits per heavy atom. The molecule has 0 unspecified atom stereocenters. The molecular formula is C32H22N2O4. The van der Waals surface area contributed by atoms with Gasteiger partial charge in [0.05, 0.1) is 22.2 Å². The highest BCUT2D eigenvalue weighted by molar-refractivity contribution is 6.01. The Labute approximate surface area is 218 Å².